The van der Waals surface area contributed by atoms with Crippen LogP contribution in [0.1, 0.15) is 0 Å². The largest absolute Gasteiger partial charge is 0.360 e. The van der Waals surface area contributed by atoms with Crippen molar-refractivity contribution in [2.45, 2.75) is 6.54 Å². The number of halogens is 1. The molecule has 0 aliphatic carbocycles. The van der Waals surface area contributed by atoms with Crippen molar-refractivity contribution >= 4 is 10.9 Å². The molecule has 0 spiro atoms. The maximum Gasteiger partial charge on any atom is 0.125 e. The van der Waals surface area contributed by atoms with Crippen molar-refractivity contribution in [3.05, 3.63) is 42.6 Å². The number of aromatic amines is 1. The molecule has 1 aromatic carbocycles. The molecule has 1 saturated heterocycles. The van der Waals surface area contributed by atoms with Crippen molar-refractivity contribution < 1.29 is 4.39 Å². The highest BCUT2D eigenvalue weighted by molar-refractivity contribution is 5.95. The highest BCUT2D eigenvalue weighted by Crippen LogP contribution is 2.28. The molecule has 4 rings (SSSR count). The second-order valence-corrected chi connectivity index (χ2v) is 6.53. The molecule has 1 aliphatic rings. The van der Waals surface area contributed by atoms with Crippen LogP contribution in [0.5, 0.6) is 0 Å². The fraction of sp³-hybridized carbons (Fsp3) is 0.389. The summed E-state index contributed by atoms with van der Waals surface area (Å²) in [4.78, 5) is 7.98. The maximum absolute atomic E-state index is 13.3. The molecule has 3 aromatic rings. The van der Waals surface area contributed by atoms with Gasteiger partial charge in [-0.15, -0.1) is 0 Å². The monoisotopic (exact) mass is 327 g/mol. The van der Waals surface area contributed by atoms with Crippen LogP contribution in [-0.4, -0.2) is 64.3 Å². The molecule has 0 bridgehead atoms. The van der Waals surface area contributed by atoms with E-state index in [-0.39, 0.29) is 5.82 Å². The molecular weight excluding hydrogens is 305 g/mol. The summed E-state index contributed by atoms with van der Waals surface area (Å²) >= 11 is 0. The first-order valence-electron chi connectivity index (χ1n) is 8.39. The topological polar surface area (TPSA) is 40.1 Å². The molecule has 0 atom stereocenters. The lowest BCUT2D eigenvalue weighted by Crippen LogP contribution is -2.45. The number of rotatable bonds is 4. The lowest BCUT2D eigenvalue weighted by atomic mass is 10.1. The maximum atomic E-state index is 13.3. The van der Waals surface area contributed by atoms with Crippen LogP contribution in [0, 0.1) is 5.82 Å². The van der Waals surface area contributed by atoms with E-state index in [2.05, 4.69) is 33.1 Å². The van der Waals surface area contributed by atoms with E-state index < -0.39 is 0 Å². The Morgan fingerprint density at radius 2 is 2.00 bits per heavy atom. The van der Waals surface area contributed by atoms with E-state index in [9.17, 15) is 4.39 Å². The first-order chi connectivity index (χ1) is 11.7. The number of aromatic nitrogens is 3. The average Bonchev–Trinajstić information content (AvgIpc) is 3.20. The third-order valence-corrected chi connectivity index (χ3v) is 4.83. The van der Waals surface area contributed by atoms with Gasteiger partial charge in [0.1, 0.15) is 5.82 Å². The second kappa shape index (κ2) is 6.37. The number of nitrogens with zero attached hydrogens (tertiary/aromatic N) is 4. The Morgan fingerprint density at radius 1 is 1.17 bits per heavy atom. The molecule has 5 nitrogen and oxygen atoms in total. The van der Waals surface area contributed by atoms with E-state index in [0.29, 0.717) is 0 Å². The molecule has 1 aliphatic heterocycles. The van der Waals surface area contributed by atoms with E-state index >= 15 is 0 Å². The predicted octanol–water partition coefficient (Wildman–Crippen LogP) is 2.42. The number of piperazine rings is 1. The molecule has 1 fully saturated rings. The minimum Gasteiger partial charge on any atom is -0.360 e. The van der Waals surface area contributed by atoms with Gasteiger partial charge in [-0.1, -0.05) is 0 Å². The van der Waals surface area contributed by atoms with Crippen molar-refractivity contribution in [1.29, 1.82) is 0 Å². The Kier molecular flexibility index (Phi) is 4.08. The van der Waals surface area contributed by atoms with Gasteiger partial charge in [-0.3, -0.25) is 9.58 Å². The zero-order valence-corrected chi connectivity index (χ0v) is 13.9. The number of nitrogens with one attached hydrogen (secondary N) is 1. The summed E-state index contributed by atoms with van der Waals surface area (Å²) in [6.07, 6.45) is 5.88. The van der Waals surface area contributed by atoms with Crippen molar-refractivity contribution in [1.82, 2.24) is 24.6 Å². The van der Waals surface area contributed by atoms with E-state index in [1.165, 1.54) is 12.1 Å². The van der Waals surface area contributed by atoms with Crippen molar-refractivity contribution in [3.63, 3.8) is 0 Å². The van der Waals surface area contributed by atoms with E-state index in [4.69, 9.17) is 0 Å². The highest BCUT2D eigenvalue weighted by Gasteiger charge is 2.14. The third-order valence-electron chi connectivity index (χ3n) is 4.83. The van der Waals surface area contributed by atoms with Gasteiger partial charge in [0.05, 0.1) is 12.7 Å². The molecular formula is C18H22FN5. The number of fused-ring (bicyclic) bond motifs is 1. The first-order valence-corrected chi connectivity index (χ1v) is 8.39. The van der Waals surface area contributed by atoms with E-state index in [1.54, 1.807) is 0 Å². The average molecular weight is 327 g/mol. The van der Waals surface area contributed by atoms with Gasteiger partial charge >= 0.3 is 0 Å². The summed E-state index contributed by atoms with van der Waals surface area (Å²) in [5.74, 6) is -0.223. The molecule has 6 heteroatoms. The molecule has 1 N–H and O–H groups in total. The summed E-state index contributed by atoms with van der Waals surface area (Å²) in [6, 6.07) is 4.84. The fourth-order valence-corrected chi connectivity index (χ4v) is 3.28. The molecule has 2 aromatic heterocycles. The molecule has 0 radical (unpaired) electrons. The zero-order valence-electron chi connectivity index (χ0n) is 13.9. The van der Waals surface area contributed by atoms with Gasteiger partial charge in [0.25, 0.3) is 0 Å². The van der Waals surface area contributed by atoms with Gasteiger partial charge in [-0.25, -0.2) is 4.39 Å². The summed E-state index contributed by atoms with van der Waals surface area (Å²) in [6.45, 7) is 6.43. The molecule has 3 heterocycles. The molecule has 0 amide bonds. The van der Waals surface area contributed by atoms with Crippen molar-refractivity contribution in [3.8, 4) is 11.1 Å². The Labute approximate surface area is 140 Å². The van der Waals surface area contributed by atoms with Gasteiger partial charge in [0, 0.05) is 67.1 Å². The minimum atomic E-state index is -0.223. The second-order valence-electron chi connectivity index (χ2n) is 6.53. The molecule has 0 unspecified atom stereocenters. The zero-order chi connectivity index (χ0) is 16.5. The molecule has 126 valence electrons. The third kappa shape index (κ3) is 3.07. The van der Waals surface area contributed by atoms with Gasteiger partial charge in [-0.2, -0.15) is 5.10 Å². The SMILES string of the molecule is CN1CCN(CCn2cc(-c3c[nH]c4cc(F)ccc34)cn2)CC1. The summed E-state index contributed by atoms with van der Waals surface area (Å²) in [5, 5.41) is 5.51. The quantitative estimate of drug-likeness (QED) is 0.800. The number of hydrogen-bond donors (Lipinski definition) is 1. The van der Waals surface area contributed by atoms with Gasteiger partial charge < -0.3 is 9.88 Å². The predicted molar refractivity (Wildman–Crippen MR) is 93.4 cm³/mol. The lowest BCUT2D eigenvalue weighted by molar-refractivity contribution is 0.149. The van der Waals surface area contributed by atoms with Crippen molar-refractivity contribution in [2.24, 2.45) is 0 Å². The van der Waals surface area contributed by atoms with Gasteiger partial charge in [0.2, 0.25) is 0 Å². The van der Waals surface area contributed by atoms with Crippen LogP contribution >= 0.6 is 0 Å². The van der Waals surface area contributed by atoms with Crippen LogP contribution in [0.4, 0.5) is 4.39 Å². The summed E-state index contributed by atoms with van der Waals surface area (Å²) in [5.41, 5.74) is 2.94. The van der Waals surface area contributed by atoms with Crippen LogP contribution in [0.25, 0.3) is 22.0 Å². The fourth-order valence-electron chi connectivity index (χ4n) is 3.28. The number of H-pyrrole nitrogens is 1. The normalized spacial score (nSPS) is 16.9. The summed E-state index contributed by atoms with van der Waals surface area (Å²) in [7, 11) is 2.17. The Morgan fingerprint density at radius 3 is 2.83 bits per heavy atom. The number of benzene rings is 1. The Balaban J connectivity index is 1.46. The number of hydrogen-bond acceptors (Lipinski definition) is 3. The van der Waals surface area contributed by atoms with Gasteiger partial charge in [0.15, 0.2) is 0 Å². The van der Waals surface area contributed by atoms with E-state index in [0.717, 1.165) is 61.3 Å². The van der Waals surface area contributed by atoms with Crippen molar-refractivity contribution in [2.75, 3.05) is 39.8 Å². The Bertz CT molecular complexity index is 829. The van der Waals surface area contributed by atoms with Crippen LogP contribution in [0.2, 0.25) is 0 Å². The van der Waals surface area contributed by atoms with Crippen LogP contribution in [0.15, 0.2) is 36.8 Å². The molecule has 0 saturated carbocycles. The minimum absolute atomic E-state index is 0.223. The standard InChI is InChI=1S/C18H22FN5/c1-22-4-6-23(7-5-22)8-9-24-13-14(11-21-24)17-12-20-18-10-15(19)2-3-16(17)18/h2-3,10-13,20H,4-9H2,1H3. The Hall–Kier alpha value is -2.18. The smallest absolute Gasteiger partial charge is 0.125 e. The summed E-state index contributed by atoms with van der Waals surface area (Å²) < 4.78 is 15.3. The van der Waals surface area contributed by atoms with Crippen LogP contribution in [-0.2, 0) is 6.54 Å². The van der Waals surface area contributed by atoms with Crippen LogP contribution < -0.4 is 0 Å². The molecule has 24 heavy (non-hydrogen) atoms. The van der Waals surface area contributed by atoms with E-state index in [1.807, 2.05) is 23.1 Å². The first kappa shape index (κ1) is 15.4. The van der Waals surface area contributed by atoms with Gasteiger partial charge in [-0.05, 0) is 25.2 Å². The lowest BCUT2D eigenvalue weighted by Gasteiger charge is -2.32. The van der Waals surface area contributed by atoms with Crippen LogP contribution in [0.3, 0.4) is 0 Å². The highest BCUT2D eigenvalue weighted by atomic mass is 19.1. The number of likely N-dealkylation sites (N-methyl/N-ethyl adjacent to an activating group) is 1.